The molecular weight excluding hydrogens is 286 g/mol. The molecule has 3 heteroatoms. The summed E-state index contributed by atoms with van der Waals surface area (Å²) < 4.78 is 11.3. The maximum Gasteiger partial charge on any atom is 0.119 e. The van der Waals surface area contributed by atoms with Crippen LogP contribution in [0, 0.1) is 0 Å². The molecule has 1 aliphatic rings. The molecule has 0 bridgehead atoms. The summed E-state index contributed by atoms with van der Waals surface area (Å²) in [6.07, 6.45) is 3.99. The van der Waals surface area contributed by atoms with E-state index in [-0.39, 0.29) is 0 Å². The minimum Gasteiger partial charge on any atom is -0.491 e. The molecule has 1 fully saturated rings. The normalized spacial score (nSPS) is 14.7. The predicted molar refractivity (Wildman–Crippen MR) is 94.1 cm³/mol. The molecular formula is C20H25NO2. The molecule has 0 atom stereocenters. The van der Waals surface area contributed by atoms with Crippen LogP contribution < -0.4 is 9.64 Å². The summed E-state index contributed by atoms with van der Waals surface area (Å²) in [6.45, 7) is 4.19. The smallest absolute Gasteiger partial charge is 0.119 e. The van der Waals surface area contributed by atoms with E-state index in [1.165, 1.54) is 43.6 Å². The van der Waals surface area contributed by atoms with Gasteiger partial charge in [-0.1, -0.05) is 30.3 Å². The van der Waals surface area contributed by atoms with Gasteiger partial charge in [0.05, 0.1) is 13.2 Å². The third-order valence-electron chi connectivity index (χ3n) is 4.17. The Hall–Kier alpha value is -2.00. The van der Waals surface area contributed by atoms with Crippen LogP contribution in [-0.4, -0.2) is 26.3 Å². The van der Waals surface area contributed by atoms with Crippen LogP contribution in [0.1, 0.15) is 24.8 Å². The molecule has 0 amide bonds. The Labute approximate surface area is 138 Å². The molecule has 0 radical (unpaired) electrons. The lowest BCUT2D eigenvalue weighted by atomic mass is 10.1. The fraction of sp³-hybridized carbons (Fsp3) is 0.400. The van der Waals surface area contributed by atoms with Crippen molar-refractivity contribution in [3.63, 3.8) is 0 Å². The minimum atomic E-state index is 0.579. The number of nitrogens with zero attached hydrogens (tertiary/aromatic N) is 1. The van der Waals surface area contributed by atoms with Crippen molar-refractivity contribution in [2.75, 3.05) is 31.2 Å². The molecule has 0 spiro atoms. The van der Waals surface area contributed by atoms with Crippen LogP contribution in [0.2, 0.25) is 0 Å². The van der Waals surface area contributed by atoms with E-state index in [0.29, 0.717) is 19.8 Å². The lowest BCUT2D eigenvalue weighted by Gasteiger charge is -2.28. The van der Waals surface area contributed by atoms with Crippen molar-refractivity contribution in [2.45, 2.75) is 25.9 Å². The molecule has 3 nitrogen and oxygen atoms in total. The number of hydrogen-bond donors (Lipinski definition) is 0. The molecule has 23 heavy (non-hydrogen) atoms. The monoisotopic (exact) mass is 311 g/mol. The number of piperidine rings is 1. The highest BCUT2D eigenvalue weighted by Crippen LogP contribution is 2.20. The number of anilines is 1. The van der Waals surface area contributed by atoms with Gasteiger partial charge in [-0.3, -0.25) is 0 Å². The molecule has 0 unspecified atom stereocenters. The fourth-order valence-corrected chi connectivity index (χ4v) is 2.88. The molecule has 122 valence electrons. The summed E-state index contributed by atoms with van der Waals surface area (Å²) in [6, 6.07) is 18.6. The van der Waals surface area contributed by atoms with Gasteiger partial charge >= 0.3 is 0 Å². The highest BCUT2D eigenvalue weighted by molar-refractivity contribution is 5.47. The van der Waals surface area contributed by atoms with Crippen LogP contribution in [0.5, 0.6) is 5.75 Å². The highest BCUT2D eigenvalue weighted by Gasteiger charge is 2.10. The fourth-order valence-electron chi connectivity index (χ4n) is 2.88. The lowest BCUT2D eigenvalue weighted by Crippen LogP contribution is -2.29. The Kier molecular flexibility index (Phi) is 5.93. The SMILES string of the molecule is c1ccc(OCCOCc2ccc(N3CCCCC3)cc2)cc1. The van der Waals surface area contributed by atoms with E-state index in [0.717, 1.165) is 5.75 Å². The topological polar surface area (TPSA) is 21.7 Å². The van der Waals surface area contributed by atoms with Gasteiger partial charge in [0, 0.05) is 18.8 Å². The van der Waals surface area contributed by atoms with Crippen molar-refractivity contribution in [1.82, 2.24) is 0 Å². The van der Waals surface area contributed by atoms with E-state index in [1.807, 2.05) is 30.3 Å². The van der Waals surface area contributed by atoms with Crippen molar-refractivity contribution in [2.24, 2.45) is 0 Å². The molecule has 0 saturated carbocycles. The van der Waals surface area contributed by atoms with Crippen LogP contribution in [0.3, 0.4) is 0 Å². The standard InChI is InChI=1S/C20H25NO2/c1-3-7-20(8-4-1)23-16-15-22-17-18-9-11-19(12-10-18)21-13-5-2-6-14-21/h1,3-4,7-12H,2,5-6,13-17H2. The minimum absolute atomic E-state index is 0.579. The zero-order valence-electron chi connectivity index (χ0n) is 13.6. The summed E-state index contributed by atoms with van der Waals surface area (Å²) >= 11 is 0. The van der Waals surface area contributed by atoms with Crippen molar-refractivity contribution in [3.8, 4) is 5.75 Å². The lowest BCUT2D eigenvalue weighted by molar-refractivity contribution is 0.0889. The quantitative estimate of drug-likeness (QED) is 0.713. The average Bonchev–Trinajstić information content (AvgIpc) is 2.64. The number of rotatable bonds is 7. The van der Waals surface area contributed by atoms with Crippen molar-refractivity contribution < 1.29 is 9.47 Å². The number of hydrogen-bond acceptors (Lipinski definition) is 3. The molecule has 0 aromatic heterocycles. The first-order chi connectivity index (χ1) is 11.4. The second kappa shape index (κ2) is 8.59. The summed E-state index contributed by atoms with van der Waals surface area (Å²) in [5.74, 6) is 0.891. The van der Waals surface area contributed by atoms with E-state index < -0.39 is 0 Å². The number of para-hydroxylation sites is 1. The summed E-state index contributed by atoms with van der Waals surface area (Å²) in [7, 11) is 0. The van der Waals surface area contributed by atoms with Crippen LogP contribution in [0.4, 0.5) is 5.69 Å². The van der Waals surface area contributed by atoms with Crippen LogP contribution >= 0.6 is 0 Å². The Morgan fingerprint density at radius 1 is 0.783 bits per heavy atom. The maximum absolute atomic E-state index is 5.69. The van der Waals surface area contributed by atoms with Crippen LogP contribution in [0.15, 0.2) is 54.6 Å². The largest absolute Gasteiger partial charge is 0.491 e. The second-order valence-electron chi connectivity index (χ2n) is 5.93. The summed E-state index contributed by atoms with van der Waals surface area (Å²) in [5.41, 5.74) is 2.55. The van der Waals surface area contributed by atoms with E-state index in [9.17, 15) is 0 Å². The van der Waals surface area contributed by atoms with Gasteiger partial charge in [-0.2, -0.15) is 0 Å². The van der Waals surface area contributed by atoms with E-state index >= 15 is 0 Å². The molecule has 1 heterocycles. The van der Waals surface area contributed by atoms with Gasteiger partial charge in [-0.25, -0.2) is 0 Å². The number of ether oxygens (including phenoxy) is 2. The molecule has 0 N–H and O–H groups in total. The van der Waals surface area contributed by atoms with Gasteiger partial charge in [0.1, 0.15) is 12.4 Å². The molecule has 2 aromatic carbocycles. The van der Waals surface area contributed by atoms with Crippen LogP contribution in [-0.2, 0) is 11.3 Å². The van der Waals surface area contributed by atoms with Gasteiger partial charge in [0.2, 0.25) is 0 Å². The first-order valence-corrected chi connectivity index (χ1v) is 8.51. The van der Waals surface area contributed by atoms with E-state index in [2.05, 4.69) is 29.2 Å². The highest BCUT2D eigenvalue weighted by atomic mass is 16.5. The Bertz CT molecular complexity index is 562. The predicted octanol–water partition coefficient (Wildman–Crippen LogP) is 4.27. The molecule has 2 aromatic rings. The first-order valence-electron chi connectivity index (χ1n) is 8.51. The van der Waals surface area contributed by atoms with Gasteiger partial charge in [0.25, 0.3) is 0 Å². The summed E-state index contributed by atoms with van der Waals surface area (Å²) in [5, 5.41) is 0. The van der Waals surface area contributed by atoms with Gasteiger partial charge in [-0.15, -0.1) is 0 Å². The Balaban J connectivity index is 1.37. The van der Waals surface area contributed by atoms with E-state index in [1.54, 1.807) is 0 Å². The van der Waals surface area contributed by atoms with Crippen molar-refractivity contribution in [3.05, 3.63) is 60.2 Å². The second-order valence-corrected chi connectivity index (χ2v) is 5.93. The number of benzene rings is 2. The third kappa shape index (κ3) is 5.00. The van der Waals surface area contributed by atoms with Gasteiger partial charge < -0.3 is 14.4 Å². The van der Waals surface area contributed by atoms with E-state index in [4.69, 9.17) is 9.47 Å². The summed E-state index contributed by atoms with van der Waals surface area (Å²) in [4.78, 5) is 2.47. The molecule has 0 aliphatic carbocycles. The van der Waals surface area contributed by atoms with Crippen molar-refractivity contribution in [1.29, 1.82) is 0 Å². The van der Waals surface area contributed by atoms with Crippen molar-refractivity contribution >= 4 is 5.69 Å². The van der Waals surface area contributed by atoms with Crippen LogP contribution in [0.25, 0.3) is 0 Å². The zero-order valence-corrected chi connectivity index (χ0v) is 13.6. The third-order valence-corrected chi connectivity index (χ3v) is 4.17. The molecule has 3 rings (SSSR count). The van der Waals surface area contributed by atoms with Gasteiger partial charge in [-0.05, 0) is 49.1 Å². The van der Waals surface area contributed by atoms with Gasteiger partial charge in [0.15, 0.2) is 0 Å². The first kappa shape index (κ1) is 15.9. The molecule has 1 aliphatic heterocycles. The maximum atomic E-state index is 5.69. The zero-order chi connectivity index (χ0) is 15.7. The Morgan fingerprint density at radius 2 is 1.52 bits per heavy atom. The average molecular weight is 311 g/mol. The molecule has 1 saturated heterocycles. The Morgan fingerprint density at radius 3 is 2.26 bits per heavy atom.